The minimum absolute atomic E-state index is 0.780. The Labute approximate surface area is 120 Å². The van der Waals surface area contributed by atoms with Gasteiger partial charge < -0.3 is 5.32 Å². The number of likely N-dealkylation sites (tertiary alicyclic amines) is 1. The minimum atomic E-state index is 0.780. The molecule has 1 atom stereocenters. The lowest BCUT2D eigenvalue weighted by Crippen LogP contribution is -2.40. The molecule has 0 bridgehead atoms. The molecule has 2 aliphatic rings. The van der Waals surface area contributed by atoms with E-state index in [2.05, 4.69) is 15.3 Å². The van der Waals surface area contributed by atoms with Crippen LogP contribution in [0.2, 0.25) is 5.02 Å². The number of aromatic nitrogens is 2. The second-order valence-corrected chi connectivity index (χ2v) is 6.29. The van der Waals surface area contributed by atoms with E-state index in [0.29, 0.717) is 0 Å². The number of piperidine rings is 1. The van der Waals surface area contributed by atoms with Crippen LogP contribution in [-0.4, -0.2) is 40.4 Å². The van der Waals surface area contributed by atoms with Crippen molar-refractivity contribution in [2.45, 2.75) is 38.3 Å². The van der Waals surface area contributed by atoms with E-state index in [1.54, 1.807) is 6.20 Å². The molecule has 1 aromatic heterocycles. The fraction of sp³-hybridized carbons (Fsp3) is 0.786. The summed E-state index contributed by atoms with van der Waals surface area (Å²) in [6.45, 7) is 4.52. The smallest absolute Gasteiger partial charge is 0.0831 e. The highest BCUT2D eigenvalue weighted by atomic mass is 35.5. The fourth-order valence-electron chi connectivity index (χ4n) is 3.45. The quantitative estimate of drug-likeness (QED) is 0.921. The Morgan fingerprint density at radius 1 is 1.37 bits per heavy atom. The molecule has 3 heterocycles. The maximum absolute atomic E-state index is 6.18. The van der Waals surface area contributed by atoms with Crippen LogP contribution in [0.1, 0.15) is 31.4 Å². The van der Waals surface area contributed by atoms with Gasteiger partial charge in [0, 0.05) is 19.6 Å². The molecule has 2 aliphatic heterocycles. The van der Waals surface area contributed by atoms with Gasteiger partial charge in [-0.1, -0.05) is 11.6 Å². The molecule has 0 amide bonds. The molecule has 3 rings (SSSR count). The predicted molar refractivity (Wildman–Crippen MR) is 77.2 cm³/mol. The lowest BCUT2D eigenvalue weighted by atomic mass is 9.88. The molecule has 1 N–H and O–H groups in total. The van der Waals surface area contributed by atoms with Gasteiger partial charge >= 0.3 is 0 Å². The summed E-state index contributed by atoms with van der Waals surface area (Å²) in [6, 6.07) is 0.780. The fourth-order valence-corrected chi connectivity index (χ4v) is 3.68. The molecule has 19 heavy (non-hydrogen) atoms. The van der Waals surface area contributed by atoms with Gasteiger partial charge in [0.25, 0.3) is 0 Å². The Hall–Kier alpha value is -0.580. The van der Waals surface area contributed by atoms with Crippen molar-refractivity contribution in [2.24, 2.45) is 13.0 Å². The highest BCUT2D eigenvalue weighted by Gasteiger charge is 2.28. The number of hydrogen-bond donors (Lipinski definition) is 1. The number of rotatable bonds is 3. The van der Waals surface area contributed by atoms with Crippen LogP contribution >= 0.6 is 11.6 Å². The van der Waals surface area contributed by atoms with E-state index in [-0.39, 0.29) is 0 Å². The number of halogens is 1. The van der Waals surface area contributed by atoms with Gasteiger partial charge in [0.2, 0.25) is 0 Å². The Morgan fingerprint density at radius 2 is 2.16 bits per heavy atom. The molecular weight excluding hydrogens is 260 g/mol. The zero-order chi connectivity index (χ0) is 13.2. The standard InChI is InChI=1S/C14H23ClN4/c1-18-14(12(15)9-17-18)10-19-7-4-11(5-8-19)13-3-2-6-16-13/h9,11,13,16H,2-8,10H2,1H3. The normalized spacial score (nSPS) is 26.1. The molecule has 2 saturated heterocycles. The van der Waals surface area contributed by atoms with Gasteiger partial charge in [0.1, 0.15) is 0 Å². The minimum Gasteiger partial charge on any atom is -0.314 e. The molecule has 0 spiro atoms. The summed E-state index contributed by atoms with van der Waals surface area (Å²) in [5, 5.41) is 8.65. The van der Waals surface area contributed by atoms with Gasteiger partial charge in [-0.15, -0.1) is 0 Å². The Bertz CT molecular complexity index is 398. The zero-order valence-corrected chi connectivity index (χ0v) is 12.4. The monoisotopic (exact) mass is 282 g/mol. The average molecular weight is 283 g/mol. The first-order valence-corrected chi connectivity index (χ1v) is 7.74. The lowest BCUT2D eigenvalue weighted by molar-refractivity contribution is 0.154. The van der Waals surface area contributed by atoms with Crippen LogP contribution < -0.4 is 5.32 Å². The van der Waals surface area contributed by atoms with E-state index in [9.17, 15) is 0 Å². The molecule has 1 unspecified atom stereocenters. The van der Waals surface area contributed by atoms with Crippen molar-refractivity contribution in [1.82, 2.24) is 20.0 Å². The summed E-state index contributed by atoms with van der Waals surface area (Å²) in [5.41, 5.74) is 1.14. The topological polar surface area (TPSA) is 33.1 Å². The van der Waals surface area contributed by atoms with Crippen LogP contribution in [0.5, 0.6) is 0 Å². The van der Waals surface area contributed by atoms with Crippen molar-refractivity contribution in [3.05, 3.63) is 16.9 Å². The van der Waals surface area contributed by atoms with Crippen molar-refractivity contribution in [3.63, 3.8) is 0 Å². The first-order chi connectivity index (χ1) is 9.24. The summed E-state index contributed by atoms with van der Waals surface area (Å²) in [6.07, 6.45) is 7.10. The largest absolute Gasteiger partial charge is 0.314 e. The molecular formula is C14H23ClN4. The Morgan fingerprint density at radius 3 is 2.74 bits per heavy atom. The van der Waals surface area contributed by atoms with E-state index < -0.39 is 0 Å². The number of hydrogen-bond acceptors (Lipinski definition) is 3. The average Bonchev–Trinajstić information content (AvgIpc) is 3.05. The molecule has 2 fully saturated rings. The maximum atomic E-state index is 6.18. The second kappa shape index (κ2) is 5.81. The van der Waals surface area contributed by atoms with Crippen LogP contribution in [0.4, 0.5) is 0 Å². The third-order valence-corrected chi connectivity index (χ3v) is 5.00. The molecule has 0 radical (unpaired) electrons. The molecule has 4 nitrogen and oxygen atoms in total. The van der Waals surface area contributed by atoms with E-state index in [1.807, 2.05) is 11.7 Å². The first-order valence-electron chi connectivity index (χ1n) is 7.36. The van der Waals surface area contributed by atoms with E-state index >= 15 is 0 Å². The van der Waals surface area contributed by atoms with E-state index in [1.165, 1.54) is 45.3 Å². The van der Waals surface area contributed by atoms with E-state index in [4.69, 9.17) is 11.6 Å². The molecule has 0 saturated carbocycles. The van der Waals surface area contributed by atoms with Crippen LogP contribution in [-0.2, 0) is 13.6 Å². The van der Waals surface area contributed by atoms with Gasteiger partial charge in [-0.25, -0.2) is 0 Å². The number of nitrogens with zero attached hydrogens (tertiary/aromatic N) is 3. The number of aryl methyl sites for hydroxylation is 1. The Balaban J connectivity index is 1.53. The summed E-state index contributed by atoms with van der Waals surface area (Å²) >= 11 is 6.18. The first kappa shape index (κ1) is 13.4. The highest BCUT2D eigenvalue weighted by molar-refractivity contribution is 6.31. The van der Waals surface area contributed by atoms with Gasteiger partial charge in [0.15, 0.2) is 0 Å². The molecule has 5 heteroatoms. The summed E-state index contributed by atoms with van der Waals surface area (Å²) in [7, 11) is 1.97. The van der Waals surface area contributed by atoms with Crippen molar-refractivity contribution >= 4 is 11.6 Å². The molecule has 106 valence electrons. The van der Waals surface area contributed by atoms with Gasteiger partial charge in [-0.2, -0.15) is 5.10 Å². The van der Waals surface area contributed by atoms with Crippen LogP contribution in [0.15, 0.2) is 6.20 Å². The molecule has 0 aromatic carbocycles. The summed E-state index contributed by atoms with van der Waals surface area (Å²) < 4.78 is 1.90. The van der Waals surface area contributed by atoms with Crippen LogP contribution in [0, 0.1) is 5.92 Å². The SMILES string of the molecule is Cn1ncc(Cl)c1CN1CCC(C2CCCN2)CC1. The zero-order valence-electron chi connectivity index (χ0n) is 11.6. The van der Waals surface area contributed by atoms with Crippen molar-refractivity contribution in [3.8, 4) is 0 Å². The molecule has 1 aromatic rings. The van der Waals surface area contributed by atoms with Gasteiger partial charge in [0.05, 0.1) is 16.9 Å². The number of nitrogens with one attached hydrogen (secondary N) is 1. The van der Waals surface area contributed by atoms with Gasteiger partial charge in [-0.3, -0.25) is 9.58 Å². The van der Waals surface area contributed by atoms with Crippen molar-refractivity contribution in [1.29, 1.82) is 0 Å². The van der Waals surface area contributed by atoms with Crippen molar-refractivity contribution in [2.75, 3.05) is 19.6 Å². The van der Waals surface area contributed by atoms with Crippen molar-refractivity contribution < 1.29 is 0 Å². The summed E-state index contributed by atoms with van der Waals surface area (Å²) in [4.78, 5) is 2.51. The lowest BCUT2D eigenvalue weighted by Gasteiger charge is -2.34. The van der Waals surface area contributed by atoms with Crippen LogP contribution in [0.25, 0.3) is 0 Å². The third kappa shape index (κ3) is 2.96. The predicted octanol–water partition coefficient (Wildman–Crippen LogP) is 2.04. The Kier molecular flexibility index (Phi) is 4.10. The maximum Gasteiger partial charge on any atom is 0.0831 e. The van der Waals surface area contributed by atoms with Crippen LogP contribution in [0.3, 0.4) is 0 Å². The van der Waals surface area contributed by atoms with E-state index in [0.717, 1.165) is 29.2 Å². The molecule has 0 aliphatic carbocycles. The van der Waals surface area contributed by atoms with Gasteiger partial charge in [-0.05, 0) is 51.2 Å². The second-order valence-electron chi connectivity index (χ2n) is 5.88. The third-order valence-electron chi connectivity index (χ3n) is 4.68. The highest BCUT2D eigenvalue weighted by Crippen LogP contribution is 2.27. The summed E-state index contributed by atoms with van der Waals surface area (Å²) in [5.74, 6) is 0.876.